The van der Waals surface area contributed by atoms with Crippen LogP contribution in [0.3, 0.4) is 0 Å². The molecule has 4 N–H and O–H groups in total. The molecule has 0 heterocycles. The van der Waals surface area contributed by atoms with E-state index < -0.39 is 11.8 Å². The second-order valence-electron chi connectivity index (χ2n) is 4.62. The first kappa shape index (κ1) is 15.3. The van der Waals surface area contributed by atoms with E-state index >= 15 is 0 Å². The van der Waals surface area contributed by atoms with Gasteiger partial charge in [-0.2, -0.15) is 0 Å². The van der Waals surface area contributed by atoms with Crippen LogP contribution in [-0.2, 0) is 0 Å². The molecule has 0 saturated carbocycles. The van der Waals surface area contributed by atoms with Crippen LogP contribution in [0.5, 0.6) is 0 Å². The molecule has 4 nitrogen and oxygen atoms in total. The SMILES string of the molecule is CC(N)c1cccc(NC(=O)Nc2ccc(F)c(Cl)c2)c1. The number of hydrogen-bond acceptors (Lipinski definition) is 2. The van der Waals surface area contributed by atoms with Crippen LogP contribution >= 0.6 is 11.6 Å². The zero-order valence-corrected chi connectivity index (χ0v) is 12.1. The standard InChI is InChI=1S/C15H15ClFN3O/c1-9(18)10-3-2-4-11(7-10)19-15(21)20-12-5-6-14(17)13(16)8-12/h2-9H,18H2,1H3,(H2,19,20,21). The van der Waals surface area contributed by atoms with Crippen molar-refractivity contribution < 1.29 is 9.18 Å². The van der Waals surface area contributed by atoms with Crippen molar-refractivity contribution in [3.8, 4) is 0 Å². The van der Waals surface area contributed by atoms with Crippen LogP contribution in [0.2, 0.25) is 5.02 Å². The van der Waals surface area contributed by atoms with E-state index in [0.29, 0.717) is 11.4 Å². The molecule has 0 spiro atoms. The fraction of sp³-hybridized carbons (Fsp3) is 0.133. The Kier molecular flexibility index (Phi) is 4.77. The van der Waals surface area contributed by atoms with Crippen LogP contribution < -0.4 is 16.4 Å². The summed E-state index contributed by atoms with van der Waals surface area (Å²) in [5, 5.41) is 5.20. The number of nitrogens with two attached hydrogens (primary N) is 1. The van der Waals surface area contributed by atoms with Crippen molar-refractivity contribution in [2.75, 3.05) is 10.6 Å². The normalized spacial score (nSPS) is 11.8. The van der Waals surface area contributed by atoms with E-state index in [1.807, 2.05) is 19.1 Å². The molecule has 2 aromatic carbocycles. The maximum atomic E-state index is 13.0. The number of hydrogen-bond donors (Lipinski definition) is 3. The van der Waals surface area contributed by atoms with E-state index in [1.165, 1.54) is 18.2 Å². The van der Waals surface area contributed by atoms with Gasteiger partial charge < -0.3 is 16.4 Å². The number of halogens is 2. The van der Waals surface area contributed by atoms with Gasteiger partial charge >= 0.3 is 6.03 Å². The Hall–Kier alpha value is -2.11. The maximum absolute atomic E-state index is 13.0. The molecule has 21 heavy (non-hydrogen) atoms. The van der Waals surface area contributed by atoms with Gasteiger partial charge in [0, 0.05) is 17.4 Å². The number of nitrogens with one attached hydrogen (secondary N) is 2. The van der Waals surface area contributed by atoms with Crippen LogP contribution in [0.25, 0.3) is 0 Å². The Bertz CT molecular complexity index is 661. The second kappa shape index (κ2) is 6.56. The highest BCUT2D eigenvalue weighted by molar-refractivity contribution is 6.31. The van der Waals surface area contributed by atoms with Crippen molar-refractivity contribution in [2.24, 2.45) is 5.73 Å². The van der Waals surface area contributed by atoms with E-state index in [4.69, 9.17) is 17.3 Å². The average Bonchev–Trinajstić information content (AvgIpc) is 2.43. The van der Waals surface area contributed by atoms with Crippen molar-refractivity contribution in [1.82, 2.24) is 0 Å². The van der Waals surface area contributed by atoms with Gasteiger partial charge in [-0.1, -0.05) is 23.7 Å². The lowest BCUT2D eigenvalue weighted by Crippen LogP contribution is -2.19. The maximum Gasteiger partial charge on any atom is 0.323 e. The first-order chi connectivity index (χ1) is 9.95. The smallest absolute Gasteiger partial charge is 0.323 e. The van der Waals surface area contributed by atoms with Crippen LogP contribution in [0.4, 0.5) is 20.6 Å². The third kappa shape index (κ3) is 4.18. The van der Waals surface area contributed by atoms with Gasteiger partial charge in [0.25, 0.3) is 0 Å². The van der Waals surface area contributed by atoms with Gasteiger partial charge in [0.15, 0.2) is 0 Å². The third-order valence-electron chi connectivity index (χ3n) is 2.85. The average molecular weight is 308 g/mol. The lowest BCUT2D eigenvalue weighted by Gasteiger charge is -2.11. The number of amides is 2. The third-order valence-corrected chi connectivity index (χ3v) is 3.14. The first-order valence-electron chi connectivity index (χ1n) is 6.34. The van der Waals surface area contributed by atoms with Gasteiger partial charge in [0.05, 0.1) is 5.02 Å². The van der Waals surface area contributed by atoms with Crippen molar-refractivity contribution in [1.29, 1.82) is 0 Å². The molecule has 2 rings (SSSR count). The summed E-state index contributed by atoms with van der Waals surface area (Å²) >= 11 is 5.65. The number of anilines is 2. The number of rotatable bonds is 3. The molecule has 0 fully saturated rings. The molecule has 0 aliphatic rings. The molecule has 2 amide bonds. The van der Waals surface area contributed by atoms with Crippen molar-refractivity contribution in [3.05, 3.63) is 58.9 Å². The summed E-state index contributed by atoms with van der Waals surface area (Å²) in [4.78, 5) is 11.9. The van der Waals surface area contributed by atoms with E-state index in [-0.39, 0.29) is 11.1 Å². The van der Waals surface area contributed by atoms with Gasteiger partial charge in [-0.15, -0.1) is 0 Å². The summed E-state index contributed by atoms with van der Waals surface area (Å²) in [5.41, 5.74) is 7.73. The molecular formula is C15H15ClFN3O. The van der Waals surface area contributed by atoms with E-state index in [2.05, 4.69) is 10.6 Å². The summed E-state index contributed by atoms with van der Waals surface area (Å²) in [6.07, 6.45) is 0. The predicted octanol–water partition coefficient (Wildman–Crippen LogP) is 4.14. The summed E-state index contributed by atoms with van der Waals surface area (Å²) in [5.74, 6) is -0.535. The predicted molar refractivity (Wildman–Crippen MR) is 83.1 cm³/mol. The van der Waals surface area contributed by atoms with Crippen LogP contribution in [0, 0.1) is 5.82 Å². The molecule has 0 aliphatic heterocycles. The molecule has 0 bridgehead atoms. The number of carbonyl (C=O) groups is 1. The highest BCUT2D eigenvalue weighted by atomic mass is 35.5. The Morgan fingerprint density at radius 3 is 2.48 bits per heavy atom. The molecule has 110 valence electrons. The van der Waals surface area contributed by atoms with Gasteiger partial charge in [0.2, 0.25) is 0 Å². The Morgan fingerprint density at radius 1 is 1.19 bits per heavy atom. The van der Waals surface area contributed by atoms with E-state index in [1.54, 1.807) is 12.1 Å². The summed E-state index contributed by atoms with van der Waals surface area (Å²) in [6, 6.07) is 10.6. The zero-order valence-electron chi connectivity index (χ0n) is 11.4. The summed E-state index contributed by atoms with van der Waals surface area (Å²) < 4.78 is 13.0. The van der Waals surface area contributed by atoms with Crippen molar-refractivity contribution in [2.45, 2.75) is 13.0 Å². The molecule has 6 heteroatoms. The highest BCUT2D eigenvalue weighted by Crippen LogP contribution is 2.20. The Morgan fingerprint density at radius 2 is 1.86 bits per heavy atom. The van der Waals surface area contributed by atoms with Crippen LogP contribution in [0.15, 0.2) is 42.5 Å². The minimum Gasteiger partial charge on any atom is -0.324 e. The second-order valence-corrected chi connectivity index (χ2v) is 5.03. The molecule has 1 atom stereocenters. The highest BCUT2D eigenvalue weighted by Gasteiger charge is 2.06. The minimum absolute atomic E-state index is 0.0493. The fourth-order valence-electron chi connectivity index (χ4n) is 1.77. The molecule has 2 aromatic rings. The molecule has 0 radical (unpaired) electrons. The van der Waals surface area contributed by atoms with Gasteiger partial charge in [0.1, 0.15) is 5.82 Å². The zero-order chi connectivity index (χ0) is 15.4. The Labute approximate surface area is 127 Å². The topological polar surface area (TPSA) is 67.1 Å². The van der Waals surface area contributed by atoms with E-state index in [9.17, 15) is 9.18 Å². The largest absolute Gasteiger partial charge is 0.324 e. The summed E-state index contributed by atoms with van der Waals surface area (Å²) in [6.45, 7) is 1.86. The van der Waals surface area contributed by atoms with Gasteiger partial charge in [-0.25, -0.2) is 9.18 Å². The Balaban J connectivity index is 2.04. The monoisotopic (exact) mass is 307 g/mol. The van der Waals surface area contributed by atoms with Crippen molar-refractivity contribution >= 4 is 29.0 Å². The number of urea groups is 1. The first-order valence-corrected chi connectivity index (χ1v) is 6.72. The molecular weight excluding hydrogens is 293 g/mol. The summed E-state index contributed by atoms with van der Waals surface area (Å²) in [7, 11) is 0. The van der Waals surface area contributed by atoms with Crippen molar-refractivity contribution in [3.63, 3.8) is 0 Å². The van der Waals surface area contributed by atoms with Crippen LogP contribution in [-0.4, -0.2) is 6.03 Å². The number of carbonyl (C=O) groups excluding carboxylic acids is 1. The lowest BCUT2D eigenvalue weighted by molar-refractivity contribution is 0.262. The quantitative estimate of drug-likeness (QED) is 0.797. The molecule has 0 saturated heterocycles. The molecule has 1 unspecified atom stereocenters. The lowest BCUT2D eigenvalue weighted by atomic mass is 10.1. The minimum atomic E-state index is -0.535. The number of benzene rings is 2. The van der Waals surface area contributed by atoms with E-state index in [0.717, 1.165) is 5.56 Å². The van der Waals surface area contributed by atoms with Crippen LogP contribution in [0.1, 0.15) is 18.5 Å². The van der Waals surface area contributed by atoms with Gasteiger partial charge in [-0.3, -0.25) is 0 Å². The van der Waals surface area contributed by atoms with Gasteiger partial charge in [-0.05, 0) is 42.8 Å². The molecule has 0 aliphatic carbocycles. The fourth-order valence-corrected chi connectivity index (χ4v) is 1.95. The molecule has 0 aromatic heterocycles.